The van der Waals surface area contributed by atoms with Gasteiger partial charge in [0.1, 0.15) is 5.75 Å². The van der Waals surface area contributed by atoms with Crippen molar-refractivity contribution >= 4 is 17.5 Å². The first kappa shape index (κ1) is 18.5. The van der Waals surface area contributed by atoms with Gasteiger partial charge in [-0.25, -0.2) is 0 Å². The highest BCUT2D eigenvalue weighted by Gasteiger charge is 2.31. The normalized spacial score (nSPS) is 19.2. The third-order valence-corrected chi connectivity index (χ3v) is 5.35. The molecule has 1 aliphatic heterocycles. The number of nitrogens with one attached hydrogen (secondary N) is 2. The van der Waals surface area contributed by atoms with Crippen LogP contribution < -0.4 is 15.4 Å². The number of hydrogen-bond acceptors (Lipinski definition) is 4. The number of anilines is 1. The van der Waals surface area contributed by atoms with Crippen LogP contribution in [0.25, 0.3) is 0 Å². The molecule has 2 amide bonds. The van der Waals surface area contributed by atoms with Gasteiger partial charge in [-0.05, 0) is 43.2 Å². The topological polar surface area (TPSA) is 70.7 Å². The summed E-state index contributed by atoms with van der Waals surface area (Å²) in [6.45, 7) is 2.07. The van der Waals surface area contributed by atoms with E-state index in [-0.39, 0.29) is 23.8 Å². The largest absolute Gasteiger partial charge is 0.496 e. The molecule has 0 aromatic heterocycles. The van der Waals surface area contributed by atoms with Crippen molar-refractivity contribution in [2.45, 2.75) is 18.9 Å². The molecular formula is C22H25N3O3. The summed E-state index contributed by atoms with van der Waals surface area (Å²) in [6, 6.07) is 14.9. The summed E-state index contributed by atoms with van der Waals surface area (Å²) in [7, 11) is 1.65. The van der Waals surface area contributed by atoms with E-state index >= 15 is 0 Å². The Hall–Kier alpha value is -2.86. The van der Waals surface area contributed by atoms with Gasteiger partial charge in [0.05, 0.1) is 13.2 Å². The molecule has 1 atom stereocenters. The monoisotopic (exact) mass is 379 g/mol. The lowest BCUT2D eigenvalue weighted by atomic mass is 10.0. The van der Waals surface area contributed by atoms with Crippen molar-refractivity contribution < 1.29 is 14.3 Å². The number of hydrogen-bond donors (Lipinski definition) is 2. The van der Waals surface area contributed by atoms with E-state index in [9.17, 15) is 9.59 Å². The molecule has 2 aliphatic rings. The number of methoxy groups -OCH3 is 1. The Kier molecular flexibility index (Phi) is 5.30. The van der Waals surface area contributed by atoms with Crippen LogP contribution in [0.5, 0.6) is 5.75 Å². The van der Waals surface area contributed by atoms with Gasteiger partial charge in [-0.3, -0.25) is 9.59 Å². The molecule has 0 spiro atoms. The minimum Gasteiger partial charge on any atom is -0.496 e. The van der Waals surface area contributed by atoms with Crippen molar-refractivity contribution in [2.24, 2.45) is 5.92 Å². The quantitative estimate of drug-likeness (QED) is 0.838. The van der Waals surface area contributed by atoms with E-state index in [0.29, 0.717) is 18.7 Å². The molecule has 28 heavy (non-hydrogen) atoms. The van der Waals surface area contributed by atoms with Crippen LogP contribution in [0.4, 0.5) is 5.69 Å². The number of nitrogens with zero attached hydrogens (tertiary/aromatic N) is 1. The van der Waals surface area contributed by atoms with E-state index in [1.807, 2.05) is 29.2 Å². The number of ether oxygens (including phenoxy) is 1. The van der Waals surface area contributed by atoms with Crippen molar-refractivity contribution in [3.05, 3.63) is 59.7 Å². The highest BCUT2D eigenvalue weighted by molar-refractivity contribution is 5.97. The Morgan fingerprint density at radius 2 is 1.86 bits per heavy atom. The number of rotatable bonds is 5. The maximum Gasteiger partial charge on any atom is 0.254 e. The molecule has 146 valence electrons. The van der Waals surface area contributed by atoms with E-state index in [2.05, 4.69) is 10.6 Å². The van der Waals surface area contributed by atoms with Crippen molar-refractivity contribution in [1.82, 2.24) is 10.2 Å². The molecule has 1 saturated carbocycles. The van der Waals surface area contributed by atoms with Gasteiger partial charge in [-0.1, -0.05) is 18.2 Å². The van der Waals surface area contributed by atoms with Gasteiger partial charge in [0.25, 0.3) is 5.91 Å². The third kappa shape index (κ3) is 3.87. The Bertz CT molecular complexity index is 862. The second kappa shape index (κ2) is 8.02. The summed E-state index contributed by atoms with van der Waals surface area (Å²) < 4.78 is 5.50. The molecule has 1 aliphatic carbocycles. The lowest BCUT2D eigenvalue weighted by Gasteiger charge is -2.37. The first-order valence-corrected chi connectivity index (χ1v) is 9.73. The molecule has 4 rings (SSSR count). The minimum atomic E-state index is -0.0911. The fourth-order valence-electron chi connectivity index (χ4n) is 3.62. The average Bonchev–Trinajstić information content (AvgIpc) is 3.59. The third-order valence-electron chi connectivity index (χ3n) is 5.35. The summed E-state index contributed by atoms with van der Waals surface area (Å²) in [5.74, 6) is 0.991. The predicted molar refractivity (Wildman–Crippen MR) is 107 cm³/mol. The summed E-state index contributed by atoms with van der Waals surface area (Å²) in [4.78, 5) is 27.0. The molecule has 1 unspecified atom stereocenters. The van der Waals surface area contributed by atoms with Crippen LogP contribution >= 0.6 is 0 Å². The Labute approximate surface area is 164 Å². The van der Waals surface area contributed by atoms with Gasteiger partial charge in [-0.15, -0.1) is 0 Å². The summed E-state index contributed by atoms with van der Waals surface area (Å²) in [5, 5.41) is 6.28. The Morgan fingerprint density at radius 3 is 2.57 bits per heavy atom. The number of para-hydroxylation sites is 1. The van der Waals surface area contributed by atoms with Gasteiger partial charge in [0, 0.05) is 42.4 Å². The van der Waals surface area contributed by atoms with E-state index in [0.717, 1.165) is 36.4 Å². The average molecular weight is 379 g/mol. The van der Waals surface area contributed by atoms with Gasteiger partial charge < -0.3 is 20.3 Å². The minimum absolute atomic E-state index is 0.0162. The van der Waals surface area contributed by atoms with Crippen molar-refractivity contribution in [2.75, 3.05) is 32.1 Å². The van der Waals surface area contributed by atoms with Crippen molar-refractivity contribution in [3.63, 3.8) is 0 Å². The van der Waals surface area contributed by atoms with Crippen LogP contribution in [0.1, 0.15) is 34.8 Å². The van der Waals surface area contributed by atoms with E-state index in [4.69, 9.17) is 4.74 Å². The van der Waals surface area contributed by atoms with Crippen LogP contribution in [0.15, 0.2) is 48.5 Å². The van der Waals surface area contributed by atoms with Crippen LogP contribution in [0.2, 0.25) is 0 Å². The standard InChI is InChI=1S/C22H25N3O3/c1-28-20-5-3-2-4-18(20)19-14-23-12-13-25(19)22(27)16-8-10-17(11-9-16)24-21(26)15-6-7-15/h2-5,8-11,15,19,23H,6-7,12-14H2,1H3,(H,24,26). The fourth-order valence-corrected chi connectivity index (χ4v) is 3.62. The molecule has 0 bridgehead atoms. The first-order chi connectivity index (χ1) is 13.7. The van der Waals surface area contributed by atoms with Crippen LogP contribution in [0.3, 0.4) is 0 Å². The first-order valence-electron chi connectivity index (χ1n) is 9.73. The molecule has 2 fully saturated rings. The molecule has 6 nitrogen and oxygen atoms in total. The maximum absolute atomic E-state index is 13.2. The zero-order valence-electron chi connectivity index (χ0n) is 16.0. The zero-order chi connectivity index (χ0) is 19.5. The smallest absolute Gasteiger partial charge is 0.254 e. The zero-order valence-corrected chi connectivity index (χ0v) is 16.0. The fraction of sp³-hybridized carbons (Fsp3) is 0.364. The highest BCUT2D eigenvalue weighted by atomic mass is 16.5. The summed E-state index contributed by atoms with van der Waals surface area (Å²) in [6.07, 6.45) is 1.94. The van der Waals surface area contributed by atoms with Crippen LogP contribution in [0, 0.1) is 5.92 Å². The molecule has 1 saturated heterocycles. The van der Waals surface area contributed by atoms with Gasteiger partial charge in [0.2, 0.25) is 5.91 Å². The van der Waals surface area contributed by atoms with Gasteiger partial charge in [-0.2, -0.15) is 0 Å². The van der Waals surface area contributed by atoms with Crippen LogP contribution in [-0.4, -0.2) is 43.5 Å². The Morgan fingerprint density at radius 1 is 1.11 bits per heavy atom. The number of amides is 2. The molecular weight excluding hydrogens is 354 g/mol. The Balaban J connectivity index is 1.52. The number of carbonyl (C=O) groups excluding carboxylic acids is 2. The van der Waals surface area contributed by atoms with E-state index in [1.54, 1.807) is 31.4 Å². The molecule has 2 aromatic carbocycles. The molecule has 6 heteroatoms. The van der Waals surface area contributed by atoms with E-state index in [1.165, 1.54) is 0 Å². The molecule has 2 N–H and O–H groups in total. The SMILES string of the molecule is COc1ccccc1C1CNCCN1C(=O)c1ccc(NC(=O)C2CC2)cc1. The highest BCUT2D eigenvalue weighted by Crippen LogP contribution is 2.32. The summed E-state index contributed by atoms with van der Waals surface area (Å²) in [5.41, 5.74) is 2.35. The number of carbonyl (C=O) groups is 2. The van der Waals surface area contributed by atoms with Crippen LogP contribution in [-0.2, 0) is 4.79 Å². The number of piperazine rings is 1. The molecule has 2 aromatic rings. The molecule has 0 radical (unpaired) electrons. The van der Waals surface area contributed by atoms with Crippen molar-refractivity contribution in [3.8, 4) is 5.75 Å². The predicted octanol–water partition coefficient (Wildman–Crippen LogP) is 2.83. The van der Waals surface area contributed by atoms with Gasteiger partial charge in [0.15, 0.2) is 0 Å². The second-order valence-corrected chi connectivity index (χ2v) is 7.30. The van der Waals surface area contributed by atoms with Crippen molar-refractivity contribution in [1.29, 1.82) is 0 Å². The second-order valence-electron chi connectivity index (χ2n) is 7.30. The number of benzene rings is 2. The van der Waals surface area contributed by atoms with Gasteiger partial charge >= 0.3 is 0 Å². The lowest BCUT2D eigenvalue weighted by Crippen LogP contribution is -2.48. The summed E-state index contributed by atoms with van der Waals surface area (Å²) >= 11 is 0. The maximum atomic E-state index is 13.2. The van der Waals surface area contributed by atoms with E-state index < -0.39 is 0 Å². The lowest BCUT2D eigenvalue weighted by molar-refractivity contribution is -0.117. The molecule has 1 heterocycles.